The van der Waals surface area contributed by atoms with Crippen molar-refractivity contribution in [1.82, 2.24) is 29.3 Å². The maximum absolute atomic E-state index is 12.5. The zero-order valence-electron chi connectivity index (χ0n) is 17.0. The molecule has 4 heterocycles. The van der Waals surface area contributed by atoms with Gasteiger partial charge in [-0.15, -0.1) is 0 Å². The van der Waals surface area contributed by atoms with E-state index in [-0.39, 0.29) is 12.5 Å². The first-order valence-corrected chi connectivity index (χ1v) is 9.73. The molecular weight excluding hydrogens is 374 g/mol. The fourth-order valence-electron chi connectivity index (χ4n) is 3.57. The van der Waals surface area contributed by atoms with Crippen LogP contribution in [0.1, 0.15) is 17.2 Å². The lowest BCUT2D eigenvalue weighted by Gasteiger charge is -2.36. The Kier molecular flexibility index (Phi) is 5.08. The Morgan fingerprint density at radius 1 is 1.07 bits per heavy atom. The minimum Gasteiger partial charge on any atom is -0.448 e. The Morgan fingerprint density at radius 3 is 2.41 bits per heavy atom. The topological polar surface area (TPSA) is 96.7 Å². The van der Waals surface area contributed by atoms with E-state index < -0.39 is 6.09 Å². The van der Waals surface area contributed by atoms with E-state index >= 15 is 0 Å². The first-order valence-electron chi connectivity index (χ1n) is 9.73. The number of aromatic nitrogens is 4. The summed E-state index contributed by atoms with van der Waals surface area (Å²) >= 11 is 0. The fourth-order valence-corrected chi connectivity index (χ4v) is 3.57. The predicted octanol–water partition coefficient (Wildman–Crippen LogP) is 0.688. The molecule has 154 valence electrons. The van der Waals surface area contributed by atoms with Crippen molar-refractivity contribution in [2.75, 3.05) is 50.8 Å². The maximum Gasteiger partial charge on any atom is 0.410 e. The van der Waals surface area contributed by atoms with Crippen molar-refractivity contribution in [2.24, 2.45) is 0 Å². The lowest BCUT2D eigenvalue weighted by Crippen LogP contribution is -2.51. The van der Waals surface area contributed by atoms with Crippen LogP contribution in [0.25, 0.3) is 5.82 Å². The molecule has 0 atom stereocenters. The molecule has 0 aromatic carbocycles. The average Bonchev–Trinajstić information content (AvgIpc) is 3.26. The quantitative estimate of drug-likeness (QED) is 0.746. The van der Waals surface area contributed by atoms with Crippen LogP contribution in [0.15, 0.2) is 12.4 Å². The van der Waals surface area contributed by atoms with Gasteiger partial charge in [-0.05, 0) is 20.8 Å². The predicted molar refractivity (Wildman–Crippen MR) is 105 cm³/mol. The summed E-state index contributed by atoms with van der Waals surface area (Å²) in [6, 6.07) is 1.96. The molecule has 0 saturated carbocycles. The number of carbonyl (C=O) groups is 2. The molecule has 2 fully saturated rings. The largest absolute Gasteiger partial charge is 0.448 e. The number of amides is 2. The molecule has 2 aromatic heterocycles. The molecule has 2 aromatic rings. The third-order valence-corrected chi connectivity index (χ3v) is 5.44. The van der Waals surface area contributed by atoms with Crippen molar-refractivity contribution in [3.63, 3.8) is 0 Å². The number of hydrogen-bond donors (Lipinski definition) is 0. The van der Waals surface area contributed by atoms with Crippen LogP contribution in [-0.2, 0) is 9.53 Å². The van der Waals surface area contributed by atoms with Crippen LogP contribution in [0.4, 0.5) is 10.6 Å². The standard InChI is InChI=1S/C19H25N7O3/c1-13-14(2)26(12-20-13)17-10-16(21-15(3)22-17)23-4-6-24(7-5-23)18(27)11-25-8-9-29-19(25)28/h10,12H,4-9,11H2,1-3H3. The second-order valence-electron chi connectivity index (χ2n) is 7.32. The summed E-state index contributed by atoms with van der Waals surface area (Å²) in [6.07, 6.45) is 1.36. The van der Waals surface area contributed by atoms with E-state index in [4.69, 9.17) is 4.74 Å². The average molecular weight is 399 g/mol. The summed E-state index contributed by atoms with van der Waals surface area (Å²) in [4.78, 5) is 42.9. The van der Waals surface area contributed by atoms with E-state index in [1.54, 1.807) is 11.2 Å². The van der Waals surface area contributed by atoms with E-state index in [1.165, 1.54) is 4.90 Å². The zero-order valence-corrected chi connectivity index (χ0v) is 17.0. The van der Waals surface area contributed by atoms with Crippen molar-refractivity contribution in [2.45, 2.75) is 20.8 Å². The summed E-state index contributed by atoms with van der Waals surface area (Å²) in [5, 5.41) is 0. The normalized spacial score (nSPS) is 17.1. The minimum absolute atomic E-state index is 0.0485. The molecule has 2 amide bonds. The molecule has 2 saturated heterocycles. The van der Waals surface area contributed by atoms with Gasteiger partial charge >= 0.3 is 6.09 Å². The highest BCUT2D eigenvalue weighted by Gasteiger charge is 2.28. The molecule has 0 N–H and O–H groups in total. The number of piperazine rings is 1. The van der Waals surface area contributed by atoms with Crippen molar-refractivity contribution >= 4 is 17.8 Å². The van der Waals surface area contributed by atoms with Crippen LogP contribution in [0.2, 0.25) is 0 Å². The first-order chi connectivity index (χ1) is 13.9. The number of carbonyl (C=O) groups excluding carboxylic acids is 2. The molecule has 0 aliphatic carbocycles. The lowest BCUT2D eigenvalue weighted by molar-refractivity contribution is -0.132. The van der Waals surface area contributed by atoms with Gasteiger partial charge in [0.15, 0.2) is 0 Å². The number of hydrogen-bond acceptors (Lipinski definition) is 7. The van der Waals surface area contributed by atoms with Gasteiger partial charge in [0.05, 0.1) is 12.2 Å². The number of imidazole rings is 1. The number of ether oxygens (including phenoxy) is 1. The Balaban J connectivity index is 1.42. The number of anilines is 1. The molecule has 29 heavy (non-hydrogen) atoms. The zero-order chi connectivity index (χ0) is 20.5. The van der Waals surface area contributed by atoms with Gasteiger partial charge in [0.2, 0.25) is 5.91 Å². The van der Waals surface area contributed by atoms with Crippen molar-refractivity contribution < 1.29 is 14.3 Å². The molecular formula is C19H25N7O3. The van der Waals surface area contributed by atoms with Gasteiger partial charge in [0.1, 0.15) is 36.9 Å². The third kappa shape index (κ3) is 3.87. The Morgan fingerprint density at radius 2 is 1.79 bits per heavy atom. The molecule has 10 nitrogen and oxygen atoms in total. The molecule has 0 unspecified atom stereocenters. The van der Waals surface area contributed by atoms with Crippen LogP contribution in [0.5, 0.6) is 0 Å². The summed E-state index contributed by atoms with van der Waals surface area (Å²) < 4.78 is 6.85. The van der Waals surface area contributed by atoms with Gasteiger partial charge in [-0.3, -0.25) is 14.3 Å². The number of nitrogens with zero attached hydrogens (tertiary/aromatic N) is 7. The van der Waals surface area contributed by atoms with Gasteiger partial charge in [0, 0.05) is 37.9 Å². The fraction of sp³-hybridized carbons (Fsp3) is 0.526. The minimum atomic E-state index is -0.411. The van der Waals surface area contributed by atoms with Crippen molar-refractivity contribution in [1.29, 1.82) is 0 Å². The summed E-state index contributed by atoms with van der Waals surface area (Å²) in [6.45, 7) is 9.29. The van der Waals surface area contributed by atoms with E-state index in [1.807, 2.05) is 31.4 Å². The van der Waals surface area contributed by atoms with Crippen molar-refractivity contribution in [3.05, 3.63) is 29.6 Å². The molecule has 2 aliphatic rings. The highest BCUT2D eigenvalue weighted by molar-refractivity contribution is 5.83. The van der Waals surface area contributed by atoms with E-state index in [9.17, 15) is 9.59 Å². The monoisotopic (exact) mass is 399 g/mol. The third-order valence-electron chi connectivity index (χ3n) is 5.44. The number of rotatable bonds is 4. The Hall–Kier alpha value is -3.17. The molecule has 10 heteroatoms. The number of aryl methyl sites for hydroxylation is 2. The second kappa shape index (κ2) is 7.69. The first kappa shape index (κ1) is 19.2. The summed E-state index contributed by atoms with van der Waals surface area (Å²) in [7, 11) is 0. The number of cyclic esters (lactones) is 1. The van der Waals surface area contributed by atoms with Gasteiger partial charge in [-0.25, -0.2) is 19.7 Å². The van der Waals surface area contributed by atoms with Gasteiger partial charge in [0.25, 0.3) is 0 Å². The van der Waals surface area contributed by atoms with Crippen LogP contribution in [0, 0.1) is 20.8 Å². The van der Waals surface area contributed by atoms with Crippen LogP contribution in [-0.4, -0.2) is 87.2 Å². The smallest absolute Gasteiger partial charge is 0.410 e. The van der Waals surface area contributed by atoms with Gasteiger partial charge in [-0.2, -0.15) is 0 Å². The second-order valence-corrected chi connectivity index (χ2v) is 7.32. The van der Waals surface area contributed by atoms with Gasteiger partial charge in [-0.1, -0.05) is 0 Å². The molecule has 2 aliphatic heterocycles. The van der Waals surface area contributed by atoms with E-state index in [2.05, 4.69) is 19.9 Å². The maximum atomic E-state index is 12.5. The SMILES string of the molecule is Cc1nc(N2CCN(C(=O)CN3CCOC3=O)CC2)cc(-n2cnc(C)c2C)n1. The van der Waals surface area contributed by atoms with E-state index in [0.717, 1.165) is 23.0 Å². The summed E-state index contributed by atoms with van der Waals surface area (Å²) in [5.74, 6) is 2.27. The summed E-state index contributed by atoms with van der Waals surface area (Å²) in [5.41, 5.74) is 2.02. The highest BCUT2D eigenvalue weighted by Crippen LogP contribution is 2.19. The molecule has 4 rings (SSSR count). The van der Waals surface area contributed by atoms with Crippen LogP contribution < -0.4 is 4.90 Å². The Bertz CT molecular complexity index is 934. The Labute approximate surface area is 169 Å². The van der Waals surface area contributed by atoms with Crippen LogP contribution >= 0.6 is 0 Å². The highest BCUT2D eigenvalue weighted by atomic mass is 16.6. The molecule has 0 bridgehead atoms. The van der Waals surface area contributed by atoms with Gasteiger partial charge < -0.3 is 14.5 Å². The van der Waals surface area contributed by atoms with Crippen molar-refractivity contribution in [3.8, 4) is 5.82 Å². The van der Waals surface area contributed by atoms with Crippen LogP contribution in [0.3, 0.4) is 0 Å². The molecule has 0 radical (unpaired) electrons. The molecule has 0 spiro atoms. The lowest BCUT2D eigenvalue weighted by atomic mass is 10.3. The van der Waals surface area contributed by atoms with E-state index in [0.29, 0.717) is 45.2 Å².